The monoisotopic (exact) mass is 312 g/mol. The molecule has 2 rings (SSSR count). The molecule has 21 heavy (non-hydrogen) atoms. The van der Waals surface area contributed by atoms with Crippen LogP contribution < -0.4 is 10.1 Å². The molecule has 5 nitrogen and oxygen atoms in total. The van der Waals surface area contributed by atoms with Crippen LogP contribution in [0.15, 0.2) is 23.1 Å². The Labute approximate surface area is 127 Å². The van der Waals surface area contributed by atoms with Gasteiger partial charge in [0.2, 0.25) is 10.0 Å². The topological polar surface area (TPSA) is 58.6 Å². The van der Waals surface area contributed by atoms with E-state index < -0.39 is 10.0 Å². The van der Waals surface area contributed by atoms with Crippen LogP contribution in [0.1, 0.15) is 31.7 Å². The molecule has 0 spiro atoms. The van der Waals surface area contributed by atoms with Crippen molar-refractivity contribution in [2.45, 2.75) is 37.6 Å². The van der Waals surface area contributed by atoms with Gasteiger partial charge in [-0.3, -0.25) is 0 Å². The highest BCUT2D eigenvalue weighted by atomic mass is 32.2. The van der Waals surface area contributed by atoms with E-state index in [0.717, 1.165) is 31.4 Å². The Bertz CT molecular complexity index is 566. The van der Waals surface area contributed by atoms with E-state index >= 15 is 0 Å². The fraction of sp³-hybridized carbons (Fsp3) is 0.600. The maximum Gasteiger partial charge on any atom is 0.246 e. The molecule has 0 aromatic heterocycles. The molecule has 0 saturated carbocycles. The smallest absolute Gasteiger partial charge is 0.246 e. The average molecular weight is 312 g/mol. The van der Waals surface area contributed by atoms with Crippen LogP contribution >= 0.6 is 0 Å². The maximum absolute atomic E-state index is 12.8. The van der Waals surface area contributed by atoms with Gasteiger partial charge in [-0.15, -0.1) is 0 Å². The van der Waals surface area contributed by atoms with Crippen molar-refractivity contribution >= 4 is 10.0 Å². The summed E-state index contributed by atoms with van der Waals surface area (Å²) in [5.74, 6) is 0.417. The van der Waals surface area contributed by atoms with Gasteiger partial charge in [-0.25, -0.2) is 8.42 Å². The first-order valence-electron chi connectivity index (χ1n) is 7.47. The largest absolute Gasteiger partial charge is 0.495 e. The second-order valence-corrected chi connectivity index (χ2v) is 7.14. The van der Waals surface area contributed by atoms with Crippen LogP contribution in [0.4, 0.5) is 0 Å². The van der Waals surface area contributed by atoms with Gasteiger partial charge in [-0.2, -0.15) is 4.31 Å². The zero-order chi connectivity index (χ0) is 15.3. The van der Waals surface area contributed by atoms with E-state index in [1.807, 2.05) is 13.0 Å². The van der Waals surface area contributed by atoms with Crippen molar-refractivity contribution in [1.29, 1.82) is 0 Å². The molecular formula is C15H24N2O3S. The van der Waals surface area contributed by atoms with E-state index in [4.69, 9.17) is 4.74 Å². The summed E-state index contributed by atoms with van der Waals surface area (Å²) in [5.41, 5.74) is 0.952. The maximum atomic E-state index is 12.8. The minimum Gasteiger partial charge on any atom is -0.495 e. The quantitative estimate of drug-likeness (QED) is 0.872. The molecule has 1 aliphatic rings. The standard InChI is InChI=1S/C15H24N2O3S/c1-3-16-12-13-7-8-14(20-2)15(11-13)21(18,19)17-9-5-4-6-10-17/h7-8,11,16H,3-6,9-10,12H2,1-2H3. The molecule has 0 atom stereocenters. The normalized spacial score (nSPS) is 16.9. The number of benzene rings is 1. The van der Waals surface area contributed by atoms with Crippen molar-refractivity contribution in [2.24, 2.45) is 0 Å². The average Bonchev–Trinajstić information content (AvgIpc) is 2.53. The van der Waals surface area contributed by atoms with E-state index in [0.29, 0.717) is 25.4 Å². The molecule has 1 aromatic carbocycles. The lowest BCUT2D eigenvalue weighted by molar-refractivity contribution is 0.342. The van der Waals surface area contributed by atoms with E-state index in [9.17, 15) is 8.42 Å². The van der Waals surface area contributed by atoms with Crippen LogP contribution in [0, 0.1) is 0 Å². The number of methoxy groups -OCH3 is 1. The van der Waals surface area contributed by atoms with E-state index in [1.54, 1.807) is 16.4 Å². The second kappa shape index (κ2) is 7.24. The lowest BCUT2D eigenvalue weighted by Crippen LogP contribution is -2.35. The van der Waals surface area contributed by atoms with Crippen LogP contribution in [-0.4, -0.2) is 39.5 Å². The number of rotatable bonds is 6. The molecule has 1 N–H and O–H groups in total. The van der Waals surface area contributed by atoms with E-state index in [1.165, 1.54) is 7.11 Å². The third-order valence-electron chi connectivity index (χ3n) is 3.74. The molecule has 0 amide bonds. The van der Waals surface area contributed by atoms with Crippen LogP contribution in [0.2, 0.25) is 0 Å². The van der Waals surface area contributed by atoms with Crippen LogP contribution in [-0.2, 0) is 16.6 Å². The Kier molecular flexibility index (Phi) is 5.61. The van der Waals surface area contributed by atoms with Crippen molar-refractivity contribution in [3.63, 3.8) is 0 Å². The number of piperidine rings is 1. The summed E-state index contributed by atoms with van der Waals surface area (Å²) in [6.45, 7) is 4.73. The first kappa shape index (κ1) is 16.3. The molecule has 1 saturated heterocycles. The third-order valence-corrected chi connectivity index (χ3v) is 5.66. The Balaban J connectivity index is 2.34. The number of hydrogen-bond donors (Lipinski definition) is 1. The summed E-state index contributed by atoms with van der Waals surface area (Å²) < 4.78 is 32.5. The summed E-state index contributed by atoms with van der Waals surface area (Å²) >= 11 is 0. The zero-order valence-electron chi connectivity index (χ0n) is 12.8. The lowest BCUT2D eigenvalue weighted by Gasteiger charge is -2.26. The number of hydrogen-bond acceptors (Lipinski definition) is 4. The Morgan fingerprint density at radius 2 is 1.95 bits per heavy atom. The van der Waals surface area contributed by atoms with Crippen LogP contribution in [0.5, 0.6) is 5.75 Å². The fourth-order valence-electron chi connectivity index (χ4n) is 2.55. The molecule has 0 aliphatic carbocycles. The van der Waals surface area contributed by atoms with Gasteiger partial charge in [0, 0.05) is 19.6 Å². The molecule has 1 aliphatic heterocycles. The number of nitrogens with one attached hydrogen (secondary N) is 1. The van der Waals surface area contributed by atoms with Crippen molar-refractivity contribution < 1.29 is 13.2 Å². The first-order chi connectivity index (χ1) is 10.1. The Morgan fingerprint density at radius 3 is 2.57 bits per heavy atom. The molecule has 6 heteroatoms. The summed E-state index contributed by atoms with van der Waals surface area (Å²) in [6.07, 6.45) is 2.96. The minimum absolute atomic E-state index is 0.280. The highest BCUT2D eigenvalue weighted by Gasteiger charge is 2.29. The second-order valence-electron chi connectivity index (χ2n) is 5.23. The molecule has 118 valence electrons. The van der Waals surface area contributed by atoms with Crippen LogP contribution in [0.3, 0.4) is 0 Å². The van der Waals surface area contributed by atoms with Crippen molar-refractivity contribution in [3.8, 4) is 5.75 Å². The first-order valence-corrected chi connectivity index (χ1v) is 8.91. The number of ether oxygens (including phenoxy) is 1. The van der Waals surface area contributed by atoms with Gasteiger partial charge in [0.25, 0.3) is 0 Å². The van der Waals surface area contributed by atoms with Crippen molar-refractivity contribution in [3.05, 3.63) is 23.8 Å². The molecule has 0 radical (unpaired) electrons. The predicted molar refractivity (Wildman–Crippen MR) is 83.0 cm³/mol. The summed E-state index contributed by atoms with van der Waals surface area (Å²) in [4.78, 5) is 0.280. The SMILES string of the molecule is CCNCc1ccc(OC)c(S(=O)(=O)N2CCCCC2)c1. The number of sulfonamides is 1. The van der Waals surface area contributed by atoms with Gasteiger partial charge in [0.05, 0.1) is 7.11 Å². The summed E-state index contributed by atoms with van der Waals surface area (Å²) in [6, 6.07) is 5.37. The summed E-state index contributed by atoms with van der Waals surface area (Å²) in [5, 5.41) is 3.21. The lowest BCUT2D eigenvalue weighted by atomic mass is 10.2. The Hall–Kier alpha value is -1.11. The summed E-state index contributed by atoms with van der Waals surface area (Å²) in [7, 11) is -1.96. The van der Waals surface area contributed by atoms with Gasteiger partial charge in [-0.1, -0.05) is 19.4 Å². The highest BCUT2D eigenvalue weighted by molar-refractivity contribution is 7.89. The minimum atomic E-state index is -3.47. The third kappa shape index (κ3) is 3.75. The fourth-order valence-corrected chi connectivity index (χ4v) is 4.27. The molecular weight excluding hydrogens is 288 g/mol. The van der Waals surface area contributed by atoms with Gasteiger partial charge in [0.1, 0.15) is 10.6 Å². The number of nitrogens with zero attached hydrogens (tertiary/aromatic N) is 1. The zero-order valence-corrected chi connectivity index (χ0v) is 13.6. The molecule has 0 bridgehead atoms. The van der Waals surface area contributed by atoms with Crippen molar-refractivity contribution in [2.75, 3.05) is 26.7 Å². The highest BCUT2D eigenvalue weighted by Crippen LogP contribution is 2.29. The van der Waals surface area contributed by atoms with Gasteiger partial charge in [0.15, 0.2) is 0 Å². The molecule has 1 fully saturated rings. The van der Waals surface area contributed by atoms with E-state index in [-0.39, 0.29) is 4.90 Å². The van der Waals surface area contributed by atoms with Gasteiger partial charge in [-0.05, 0) is 37.1 Å². The van der Waals surface area contributed by atoms with E-state index in [2.05, 4.69) is 5.32 Å². The van der Waals surface area contributed by atoms with Crippen molar-refractivity contribution in [1.82, 2.24) is 9.62 Å². The molecule has 1 heterocycles. The molecule has 1 aromatic rings. The Morgan fingerprint density at radius 1 is 1.24 bits per heavy atom. The van der Waals surface area contributed by atoms with Crippen LogP contribution in [0.25, 0.3) is 0 Å². The molecule has 0 unspecified atom stereocenters. The van der Waals surface area contributed by atoms with Gasteiger partial charge < -0.3 is 10.1 Å². The van der Waals surface area contributed by atoms with Gasteiger partial charge >= 0.3 is 0 Å². The predicted octanol–water partition coefficient (Wildman–Crippen LogP) is 1.98.